The fourth-order valence-corrected chi connectivity index (χ4v) is 4.72. The summed E-state index contributed by atoms with van der Waals surface area (Å²) in [7, 11) is -4.11. The number of aromatic amines is 1. The van der Waals surface area contributed by atoms with E-state index in [0.717, 1.165) is 4.47 Å². The third-order valence-electron chi connectivity index (χ3n) is 4.76. The van der Waals surface area contributed by atoms with Gasteiger partial charge in [0.1, 0.15) is 18.4 Å². The van der Waals surface area contributed by atoms with Gasteiger partial charge in [-0.25, -0.2) is 9.36 Å². The summed E-state index contributed by atoms with van der Waals surface area (Å²) in [6, 6.07) is 5.53. The van der Waals surface area contributed by atoms with Gasteiger partial charge in [-0.3, -0.25) is 23.7 Å². The van der Waals surface area contributed by atoms with Crippen LogP contribution in [0.3, 0.4) is 0 Å². The van der Waals surface area contributed by atoms with Gasteiger partial charge < -0.3 is 18.7 Å². The average molecular weight is 576 g/mol. The molecule has 1 aromatic heterocycles. The van der Waals surface area contributed by atoms with Gasteiger partial charge >= 0.3 is 19.4 Å². The van der Waals surface area contributed by atoms with Crippen molar-refractivity contribution in [1.82, 2.24) is 14.6 Å². The number of hydrogen-bond donors (Lipinski definition) is 2. The zero-order valence-corrected chi connectivity index (χ0v) is 21.9. The maximum Gasteiger partial charge on any atom is 0.459 e. The molecule has 0 aliphatic carbocycles. The minimum absolute atomic E-state index is 0.00946. The van der Waals surface area contributed by atoms with Crippen molar-refractivity contribution in [2.45, 2.75) is 45.8 Å². The number of carbonyl (C=O) groups is 1. The fraction of sp³-hybridized carbons (Fsp3) is 0.476. The smallest absolute Gasteiger partial charge is 0.459 e. The minimum Gasteiger partial charge on any atom is -0.465 e. The van der Waals surface area contributed by atoms with E-state index in [9.17, 15) is 18.9 Å². The Labute approximate surface area is 209 Å². The number of rotatable bonds is 11. The lowest BCUT2D eigenvalue weighted by Crippen LogP contribution is -2.36. The second kappa shape index (κ2) is 12.1. The van der Waals surface area contributed by atoms with Gasteiger partial charge in [0, 0.05) is 16.2 Å². The maximum absolute atomic E-state index is 13.5. The highest BCUT2D eigenvalue weighted by molar-refractivity contribution is 9.10. The first-order chi connectivity index (χ1) is 16.6. The lowest BCUT2D eigenvalue weighted by Gasteiger charge is -2.24. The predicted octanol–water partition coefficient (Wildman–Crippen LogP) is 2.61. The van der Waals surface area contributed by atoms with Crippen molar-refractivity contribution in [3.63, 3.8) is 0 Å². The number of ether oxygens (including phenoxy) is 3. The number of aromatic nitrogens is 2. The molecule has 1 aliphatic rings. The van der Waals surface area contributed by atoms with Crippen molar-refractivity contribution in [2.24, 2.45) is 0 Å². The molecule has 12 nitrogen and oxygen atoms in total. The van der Waals surface area contributed by atoms with Crippen LogP contribution in [-0.4, -0.2) is 47.7 Å². The molecule has 0 saturated carbocycles. The molecule has 192 valence electrons. The fourth-order valence-electron chi connectivity index (χ4n) is 2.98. The third kappa shape index (κ3) is 7.60. The SMILES string of the molecule is CCCOC(=O)[C@H](C)NP(=O)(OC[C@@H]1OC[C@H](n2cc(C)c(=O)[nH]c2=O)O1)Oc1ccc(Br)cc1. The van der Waals surface area contributed by atoms with Crippen LogP contribution in [0, 0.1) is 6.92 Å². The highest BCUT2D eigenvalue weighted by Gasteiger charge is 2.36. The zero-order valence-electron chi connectivity index (χ0n) is 19.4. The lowest BCUT2D eigenvalue weighted by molar-refractivity contribution is -0.145. The number of halogens is 1. The molecule has 14 heteroatoms. The number of nitrogens with zero attached hydrogens (tertiary/aromatic N) is 1. The van der Waals surface area contributed by atoms with E-state index in [1.54, 1.807) is 31.2 Å². The summed E-state index contributed by atoms with van der Waals surface area (Å²) in [5.41, 5.74) is -0.816. The second-order valence-electron chi connectivity index (χ2n) is 7.69. The number of H-pyrrole nitrogens is 1. The molecule has 0 bridgehead atoms. The number of benzene rings is 1. The molecular formula is C21H27BrN3O9P. The molecule has 2 aromatic rings. The molecular weight excluding hydrogens is 549 g/mol. The molecule has 3 rings (SSSR count). The predicted molar refractivity (Wildman–Crippen MR) is 128 cm³/mol. The molecule has 35 heavy (non-hydrogen) atoms. The summed E-state index contributed by atoms with van der Waals surface area (Å²) in [6.07, 6.45) is 0.183. The molecule has 1 unspecified atom stereocenters. The number of nitrogens with one attached hydrogen (secondary N) is 2. The van der Waals surface area contributed by atoms with Gasteiger partial charge in [-0.2, -0.15) is 5.09 Å². The van der Waals surface area contributed by atoms with Crippen LogP contribution in [0.2, 0.25) is 0 Å². The van der Waals surface area contributed by atoms with E-state index in [1.165, 1.54) is 17.7 Å². The maximum atomic E-state index is 13.5. The lowest BCUT2D eigenvalue weighted by atomic mass is 10.3. The Balaban J connectivity index is 1.69. The summed E-state index contributed by atoms with van der Waals surface area (Å²) < 4.78 is 42.9. The Morgan fingerprint density at radius 2 is 2.06 bits per heavy atom. The van der Waals surface area contributed by atoms with Gasteiger partial charge in [0.2, 0.25) is 0 Å². The number of carbonyl (C=O) groups excluding carboxylic acids is 1. The second-order valence-corrected chi connectivity index (χ2v) is 10.3. The topological polar surface area (TPSA) is 147 Å². The molecule has 2 N–H and O–H groups in total. The van der Waals surface area contributed by atoms with Crippen LogP contribution in [0.5, 0.6) is 5.75 Å². The Kier molecular flexibility index (Phi) is 9.45. The normalized spacial score (nSPS) is 20.2. The van der Waals surface area contributed by atoms with Crippen LogP contribution >= 0.6 is 23.7 Å². The van der Waals surface area contributed by atoms with Gasteiger partial charge in [-0.05, 0) is 44.5 Å². The zero-order chi connectivity index (χ0) is 25.6. The summed E-state index contributed by atoms with van der Waals surface area (Å²) in [6.45, 7) is 4.75. The molecule has 2 heterocycles. The monoisotopic (exact) mass is 575 g/mol. The Morgan fingerprint density at radius 1 is 1.34 bits per heavy atom. The van der Waals surface area contributed by atoms with Crippen molar-refractivity contribution in [1.29, 1.82) is 0 Å². The standard InChI is InChI=1S/C21H27BrN3O9P/c1-4-9-30-20(27)14(3)24-35(29,34-16-7-5-15(22)6-8-16)32-12-18-31-11-17(33-18)25-10-13(2)19(26)23-21(25)28/h5-8,10,14,17-18H,4,9,11-12H2,1-3H3,(H,24,29)(H,23,26,28)/t14-,17+,18+,35?/m0/s1. The highest BCUT2D eigenvalue weighted by Crippen LogP contribution is 2.45. The van der Waals surface area contributed by atoms with E-state index in [4.69, 9.17) is 23.3 Å². The van der Waals surface area contributed by atoms with Crippen LogP contribution in [0.4, 0.5) is 0 Å². The van der Waals surface area contributed by atoms with Crippen LogP contribution in [0.1, 0.15) is 32.1 Å². The Morgan fingerprint density at radius 3 is 2.74 bits per heavy atom. The van der Waals surface area contributed by atoms with E-state index in [0.29, 0.717) is 12.0 Å². The summed E-state index contributed by atoms with van der Waals surface area (Å²) in [5.74, 6) is -0.379. The molecule has 4 atom stereocenters. The van der Waals surface area contributed by atoms with Crippen LogP contribution in [-0.2, 0) is 28.1 Å². The van der Waals surface area contributed by atoms with Crippen molar-refractivity contribution in [2.75, 3.05) is 19.8 Å². The van der Waals surface area contributed by atoms with Gasteiger partial charge in [0.15, 0.2) is 12.5 Å². The first-order valence-corrected chi connectivity index (χ1v) is 13.2. The molecule has 0 amide bonds. The van der Waals surface area contributed by atoms with E-state index in [2.05, 4.69) is 26.0 Å². The minimum atomic E-state index is -4.11. The van der Waals surface area contributed by atoms with Crippen LogP contribution in [0.25, 0.3) is 0 Å². The van der Waals surface area contributed by atoms with E-state index in [-0.39, 0.29) is 25.6 Å². The average Bonchev–Trinajstić information content (AvgIpc) is 3.29. The molecule has 1 aliphatic heterocycles. The van der Waals surface area contributed by atoms with Crippen LogP contribution < -0.4 is 20.9 Å². The Hall–Kier alpha value is -2.28. The van der Waals surface area contributed by atoms with E-state index < -0.39 is 43.5 Å². The molecule has 0 radical (unpaired) electrons. The summed E-state index contributed by atoms with van der Waals surface area (Å²) in [5, 5.41) is 2.57. The van der Waals surface area contributed by atoms with Crippen molar-refractivity contribution in [3.05, 3.63) is 61.3 Å². The van der Waals surface area contributed by atoms with Crippen molar-refractivity contribution < 1.29 is 32.6 Å². The quantitative estimate of drug-likeness (QED) is 0.302. The summed E-state index contributed by atoms with van der Waals surface area (Å²) in [4.78, 5) is 38.1. The van der Waals surface area contributed by atoms with E-state index in [1.807, 2.05) is 6.92 Å². The number of esters is 1. The molecule has 0 spiro atoms. The van der Waals surface area contributed by atoms with E-state index >= 15 is 0 Å². The van der Waals surface area contributed by atoms with Gasteiger partial charge in [0.05, 0.1) is 13.2 Å². The molecule has 1 aromatic carbocycles. The van der Waals surface area contributed by atoms with Crippen LogP contribution in [0.15, 0.2) is 44.5 Å². The first-order valence-electron chi connectivity index (χ1n) is 10.8. The highest BCUT2D eigenvalue weighted by atomic mass is 79.9. The molecule has 1 saturated heterocycles. The van der Waals surface area contributed by atoms with Crippen molar-refractivity contribution in [3.8, 4) is 5.75 Å². The summed E-state index contributed by atoms with van der Waals surface area (Å²) >= 11 is 3.31. The van der Waals surface area contributed by atoms with Crippen molar-refractivity contribution >= 4 is 29.6 Å². The first kappa shape index (κ1) is 27.3. The van der Waals surface area contributed by atoms with Gasteiger partial charge in [-0.15, -0.1) is 0 Å². The third-order valence-corrected chi connectivity index (χ3v) is 6.94. The number of hydrogen-bond acceptors (Lipinski definition) is 9. The molecule has 1 fully saturated rings. The van der Waals surface area contributed by atoms with Gasteiger partial charge in [0.25, 0.3) is 5.56 Å². The Bertz CT molecular complexity index is 1180. The van der Waals surface area contributed by atoms with Gasteiger partial charge in [-0.1, -0.05) is 22.9 Å². The number of aryl methyl sites for hydroxylation is 1. The largest absolute Gasteiger partial charge is 0.465 e.